The van der Waals surface area contributed by atoms with Crippen molar-refractivity contribution < 1.29 is 8.78 Å². The topological polar surface area (TPSA) is 12.0 Å². The van der Waals surface area contributed by atoms with Gasteiger partial charge in [-0.05, 0) is 48.7 Å². The monoisotopic (exact) mass is 289 g/mol. The third-order valence-electron chi connectivity index (χ3n) is 3.71. The summed E-state index contributed by atoms with van der Waals surface area (Å²) in [6.07, 6.45) is 0.961. The summed E-state index contributed by atoms with van der Waals surface area (Å²) in [5, 5.41) is 3.41. The number of hydrogen-bond donors (Lipinski definition) is 1. The minimum atomic E-state index is -0.522. The molecule has 0 saturated heterocycles. The van der Waals surface area contributed by atoms with Crippen molar-refractivity contribution in [1.82, 2.24) is 5.32 Å². The Balaban J connectivity index is 2.44. The lowest BCUT2D eigenvalue weighted by Crippen LogP contribution is -2.19. The molecule has 0 aromatic heterocycles. The molecule has 21 heavy (non-hydrogen) atoms. The second-order valence-corrected chi connectivity index (χ2v) is 5.23. The van der Waals surface area contributed by atoms with E-state index in [9.17, 15) is 8.78 Å². The molecule has 2 aromatic rings. The lowest BCUT2D eigenvalue weighted by molar-refractivity contribution is 0.537. The van der Waals surface area contributed by atoms with E-state index in [1.807, 2.05) is 24.3 Å². The summed E-state index contributed by atoms with van der Waals surface area (Å²) in [4.78, 5) is 0. The maximum atomic E-state index is 14.0. The number of hydrogen-bond acceptors (Lipinski definition) is 1. The van der Waals surface area contributed by atoms with Crippen molar-refractivity contribution in [3.05, 3.63) is 59.2 Å². The van der Waals surface area contributed by atoms with Crippen LogP contribution in [0.4, 0.5) is 8.78 Å². The lowest BCUT2D eigenvalue weighted by atomic mass is 9.97. The van der Waals surface area contributed by atoms with Crippen LogP contribution < -0.4 is 5.32 Å². The highest BCUT2D eigenvalue weighted by molar-refractivity contribution is 5.66. The fourth-order valence-electron chi connectivity index (χ4n) is 2.55. The van der Waals surface area contributed by atoms with Crippen molar-refractivity contribution in [3.63, 3.8) is 0 Å². The third kappa shape index (κ3) is 3.48. The highest BCUT2D eigenvalue weighted by Crippen LogP contribution is 2.28. The first-order chi connectivity index (χ1) is 10.1. The second-order valence-electron chi connectivity index (χ2n) is 5.23. The van der Waals surface area contributed by atoms with E-state index < -0.39 is 11.6 Å². The average Bonchev–Trinajstić information content (AvgIpc) is 2.48. The first kappa shape index (κ1) is 15.6. The number of halogens is 2. The molecule has 1 N–H and O–H groups in total. The van der Waals surface area contributed by atoms with Crippen molar-refractivity contribution in [2.24, 2.45) is 0 Å². The van der Waals surface area contributed by atoms with E-state index in [4.69, 9.17) is 0 Å². The Bertz CT molecular complexity index is 623. The third-order valence-corrected chi connectivity index (χ3v) is 3.71. The Kier molecular flexibility index (Phi) is 5.07. The van der Waals surface area contributed by atoms with Crippen molar-refractivity contribution >= 4 is 0 Å². The molecule has 0 aliphatic rings. The molecule has 0 aliphatic carbocycles. The zero-order valence-electron chi connectivity index (χ0n) is 12.7. The Morgan fingerprint density at radius 1 is 1.05 bits per heavy atom. The van der Waals surface area contributed by atoms with Crippen LogP contribution in [0.1, 0.15) is 37.4 Å². The summed E-state index contributed by atoms with van der Waals surface area (Å²) < 4.78 is 27.4. The SMILES string of the molecule is CCNC(CC)c1cccc(-c2cc(C)c(F)cc2F)c1. The van der Waals surface area contributed by atoms with Crippen LogP contribution >= 0.6 is 0 Å². The van der Waals surface area contributed by atoms with Crippen LogP contribution in [0, 0.1) is 18.6 Å². The summed E-state index contributed by atoms with van der Waals surface area (Å²) in [6, 6.07) is 10.6. The quantitative estimate of drug-likeness (QED) is 0.816. The Morgan fingerprint density at radius 3 is 2.48 bits per heavy atom. The van der Waals surface area contributed by atoms with Gasteiger partial charge in [0.1, 0.15) is 11.6 Å². The van der Waals surface area contributed by atoms with Gasteiger partial charge < -0.3 is 5.32 Å². The minimum absolute atomic E-state index is 0.250. The number of benzene rings is 2. The smallest absolute Gasteiger partial charge is 0.133 e. The van der Waals surface area contributed by atoms with Gasteiger partial charge in [-0.1, -0.05) is 32.0 Å². The molecule has 1 nitrogen and oxygen atoms in total. The predicted octanol–water partition coefficient (Wildman–Crippen LogP) is 5.00. The van der Waals surface area contributed by atoms with E-state index in [0.717, 1.165) is 30.2 Å². The van der Waals surface area contributed by atoms with Gasteiger partial charge in [0.25, 0.3) is 0 Å². The molecule has 0 radical (unpaired) electrons. The Labute approximate surface area is 125 Å². The van der Waals surface area contributed by atoms with Gasteiger partial charge in [0.2, 0.25) is 0 Å². The van der Waals surface area contributed by atoms with Crippen molar-refractivity contribution in [2.45, 2.75) is 33.2 Å². The molecular formula is C18H21F2N. The van der Waals surface area contributed by atoms with Crippen molar-refractivity contribution in [2.75, 3.05) is 6.54 Å². The molecular weight excluding hydrogens is 268 g/mol. The molecule has 0 saturated carbocycles. The molecule has 112 valence electrons. The van der Waals surface area contributed by atoms with E-state index in [1.54, 1.807) is 13.0 Å². The highest BCUT2D eigenvalue weighted by atomic mass is 19.1. The van der Waals surface area contributed by atoms with Crippen molar-refractivity contribution in [1.29, 1.82) is 0 Å². The fourth-order valence-corrected chi connectivity index (χ4v) is 2.55. The van der Waals surface area contributed by atoms with Crippen LogP contribution in [0.5, 0.6) is 0 Å². The van der Waals surface area contributed by atoms with Crippen LogP contribution in [0.2, 0.25) is 0 Å². The van der Waals surface area contributed by atoms with Crippen LogP contribution in [0.25, 0.3) is 11.1 Å². The van der Waals surface area contributed by atoms with Gasteiger partial charge in [0.15, 0.2) is 0 Å². The zero-order chi connectivity index (χ0) is 15.4. The van der Waals surface area contributed by atoms with Gasteiger partial charge in [-0.2, -0.15) is 0 Å². The lowest BCUT2D eigenvalue weighted by Gasteiger charge is -2.17. The molecule has 2 rings (SSSR count). The second kappa shape index (κ2) is 6.81. The standard InChI is InChI=1S/C18H21F2N/c1-4-18(21-5-2)14-8-6-7-13(10-14)15-9-12(3)16(19)11-17(15)20/h6-11,18,21H,4-5H2,1-3H3. The molecule has 0 aliphatic heterocycles. The number of nitrogens with one attached hydrogen (secondary N) is 1. The Morgan fingerprint density at radius 2 is 1.81 bits per heavy atom. The van der Waals surface area contributed by atoms with Gasteiger partial charge in [-0.15, -0.1) is 0 Å². The summed E-state index contributed by atoms with van der Waals surface area (Å²) in [5.41, 5.74) is 2.81. The van der Waals surface area contributed by atoms with Gasteiger partial charge >= 0.3 is 0 Å². The molecule has 2 aromatic carbocycles. The van der Waals surface area contributed by atoms with Crippen molar-refractivity contribution in [3.8, 4) is 11.1 Å². The average molecular weight is 289 g/mol. The van der Waals surface area contributed by atoms with E-state index in [1.165, 1.54) is 0 Å². The fraction of sp³-hybridized carbons (Fsp3) is 0.333. The van der Waals surface area contributed by atoms with Crippen LogP contribution in [-0.2, 0) is 0 Å². The number of rotatable bonds is 5. The van der Waals surface area contributed by atoms with E-state index in [2.05, 4.69) is 19.2 Å². The molecule has 0 amide bonds. The van der Waals surface area contributed by atoms with E-state index in [0.29, 0.717) is 11.1 Å². The summed E-state index contributed by atoms with van der Waals surface area (Å²) in [6.45, 7) is 6.71. The molecule has 3 heteroatoms. The number of aryl methyl sites for hydroxylation is 1. The first-order valence-corrected chi connectivity index (χ1v) is 7.36. The Hall–Kier alpha value is -1.74. The first-order valence-electron chi connectivity index (χ1n) is 7.36. The highest BCUT2D eigenvalue weighted by Gasteiger charge is 2.12. The zero-order valence-corrected chi connectivity index (χ0v) is 12.7. The summed E-state index contributed by atoms with van der Waals surface area (Å²) >= 11 is 0. The summed E-state index contributed by atoms with van der Waals surface area (Å²) in [5.74, 6) is -1.03. The maximum Gasteiger partial charge on any atom is 0.133 e. The van der Waals surface area contributed by atoms with Crippen LogP contribution in [0.15, 0.2) is 36.4 Å². The van der Waals surface area contributed by atoms with Gasteiger partial charge in [0.05, 0.1) is 0 Å². The molecule has 0 fully saturated rings. The molecule has 1 atom stereocenters. The van der Waals surface area contributed by atoms with Crippen LogP contribution in [-0.4, -0.2) is 6.54 Å². The molecule has 0 heterocycles. The summed E-state index contributed by atoms with van der Waals surface area (Å²) in [7, 11) is 0. The van der Waals surface area contributed by atoms with E-state index in [-0.39, 0.29) is 6.04 Å². The van der Waals surface area contributed by atoms with Gasteiger partial charge in [-0.3, -0.25) is 0 Å². The van der Waals surface area contributed by atoms with Crippen LogP contribution in [0.3, 0.4) is 0 Å². The predicted molar refractivity (Wildman–Crippen MR) is 83.2 cm³/mol. The maximum absolute atomic E-state index is 14.0. The normalized spacial score (nSPS) is 12.4. The van der Waals surface area contributed by atoms with Gasteiger partial charge in [-0.25, -0.2) is 8.78 Å². The van der Waals surface area contributed by atoms with E-state index >= 15 is 0 Å². The minimum Gasteiger partial charge on any atom is -0.310 e. The molecule has 1 unspecified atom stereocenters. The molecule has 0 bridgehead atoms. The molecule has 0 spiro atoms. The largest absolute Gasteiger partial charge is 0.310 e. The van der Waals surface area contributed by atoms with Gasteiger partial charge in [0, 0.05) is 17.7 Å².